The fraction of sp³-hybridized carbons (Fsp3) is 0.500. The average molecular weight is 98.2 g/mol. The first-order chi connectivity index (χ1) is 2.81. The van der Waals surface area contributed by atoms with E-state index < -0.39 is 0 Å². The Morgan fingerprint density at radius 3 is 2.33 bits per heavy atom. The predicted molar refractivity (Wildman–Crippen MR) is 27.4 cm³/mol. The van der Waals surface area contributed by atoms with Gasteiger partial charge in [0.2, 0.25) is 0 Å². The molecule has 1 radical (unpaired) electrons. The van der Waals surface area contributed by atoms with Crippen molar-refractivity contribution in [1.82, 2.24) is 0 Å². The molecule has 0 amide bonds. The standard InChI is InChI=1S/C4H4NS/c1-4(2-5)3-6/h4H,1H3. The van der Waals surface area contributed by atoms with E-state index in [1.54, 1.807) is 6.92 Å². The van der Waals surface area contributed by atoms with Crippen LogP contribution in [0.15, 0.2) is 0 Å². The van der Waals surface area contributed by atoms with Gasteiger partial charge < -0.3 is 0 Å². The summed E-state index contributed by atoms with van der Waals surface area (Å²) in [6.45, 7) is 1.70. The van der Waals surface area contributed by atoms with Crippen molar-refractivity contribution in [3.63, 3.8) is 0 Å². The van der Waals surface area contributed by atoms with Gasteiger partial charge in [-0.1, -0.05) is 12.2 Å². The zero-order chi connectivity index (χ0) is 4.99. The Kier molecular flexibility index (Phi) is 2.60. The van der Waals surface area contributed by atoms with Crippen LogP contribution in [-0.2, 0) is 0 Å². The van der Waals surface area contributed by atoms with Gasteiger partial charge in [0.05, 0.1) is 12.0 Å². The van der Waals surface area contributed by atoms with Crippen molar-refractivity contribution in [2.75, 3.05) is 0 Å². The molecule has 0 aliphatic carbocycles. The third kappa shape index (κ3) is 1.86. The van der Waals surface area contributed by atoms with E-state index in [0.717, 1.165) is 0 Å². The summed E-state index contributed by atoms with van der Waals surface area (Å²) in [4.78, 5) is 0. The van der Waals surface area contributed by atoms with Crippen molar-refractivity contribution in [2.45, 2.75) is 6.92 Å². The van der Waals surface area contributed by atoms with E-state index in [2.05, 4.69) is 17.6 Å². The summed E-state index contributed by atoms with van der Waals surface area (Å²) in [5.41, 5.74) is 0. The molecule has 1 unspecified atom stereocenters. The van der Waals surface area contributed by atoms with E-state index in [1.807, 2.05) is 6.07 Å². The highest BCUT2D eigenvalue weighted by atomic mass is 32.1. The Morgan fingerprint density at radius 1 is 1.83 bits per heavy atom. The summed E-state index contributed by atoms with van der Waals surface area (Å²) in [5, 5.41) is 10.3. The van der Waals surface area contributed by atoms with Crippen molar-refractivity contribution < 1.29 is 0 Å². The highest BCUT2D eigenvalue weighted by molar-refractivity contribution is 7.79. The second-order valence-corrected chi connectivity index (χ2v) is 1.20. The molecule has 1 atom stereocenters. The van der Waals surface area contributed by atoms with Gasteiger partial charge in [0.1, 0.15) is 0 Å². The lowest BCUT2D eigenvalue weighted by Crippen LogP contribution is -1.84. The van der Waals surface area contributed by atoms with Crippen LogP contribution in [0.25, 0.3) is 0 Å². The minimum Gasteiger partial charge on any atom is -0.198 e. The SMILES string of the molecule is CC([C]=S)C#N. The summed E-state index contributed by atoms with van der Waals surface area (Å²) >= 11 is 4.30. The molecule has 0 aromatic heterocycles. The second kappa shape index (κ2) is 2.80. The number of thiocarbonyl (C=S) groups is 1. The molecule has 2 heteroatoms. The first-order valence-corrected chi connectivity index (χ1v) is 1.99. The highest BCUT2D eigenvalue weighted by Gasteiger charge is 1.86. The van der Waals surface area contributed by atoms with Gasteiger partial charge in [-0.2, -0.15) is 5.26 Å². The van der Waals surface area contributed by atoms with E-state index in [4.69, 9.17) is 5.26 Å². The van der Waals surface area contributed by atoms with Crippen LogP contribution in [-0.4, -0.2) is 5.37 Å². The van der Waals surface area contributed by atoms with Crippen LogP contribution in [0.3, 0.4) is 0 Å². The lowest BCUT2D eigenvalue weighted by molar-refractivity contribution is 1.06. The van der Waals surface area contributed by atoms with Crippen LogP contribution in [0.5, 0.6) is 0 Å². The molecule has 0 saturated carbocycles. The van der Waals surface area contributed by atoms with E-state index >= 15 is 0 Å². The Bertz CT molecular complexity index is 82.0. The lowest BCUT2D eigenvalue weighted by Gasteiger charge is -1.77. The van der Waals surface area contributed by atoms with Gasteiger partial charge >= 0.3 is 0 Å². The van der Waals surface area contributed by atoms with Crippen LogP contribution >= 0.6 is 12.2 Å². The van der Waals surface area contributed by atoms with Crippen molar-refractivity contribution in [1.29, 1.82) is 5.26 Å². The number of nitrogens with zero attached hydrogens (tertiary/aromatic N) is 1. The summed E-state index contributed by atoms with van der Waals surface area (Å²) in [7, 11) is 0. The quantitative estimate of drug-likeness (QED) is 0.457. The van der Waals surface area contributed by atoms with Crippen LogP contribution < -0.4 is 0 Å². The zero-order valence-electron chi connectivity index (χ0n) is 3.43. The molecule has 1 nitrogen and oxygen atoms in total. The molecule has 0 aliphatic rings. The maximum atomic E-state index is 7.96. The first-order valence-electron chi connectivity index (χ1n) is 1.58. The molecule has 0 N–H and O–H groups in total. The smallest absolute Gasteiger partial charge is 0.0797 e. The van der Waals surface area contributed by atoms with Gasteiger partial charge in [-0.15, -0.1) is 0 Å². The predicted octanol–water partition coefficient (Wildman–Crippen LogP) is 1.02. The Balaban J connectivity index is 3.30. The van der Waals surface area contributed by atoms with Crippen molar-refractivity contribution >= 4 is 17.6 Å². The van der Waals surface area contributed by atoms with Crippen molar-refractivity contribution in [3.8, 4) is 6.07 Å². The number of nitriles is 1. The Labute approximate surface area is 42.6 Å². The van der Waals surface area contributed by atoms with E-state index in [9.17, 15) is 0 Å². The zero-order valence-corrected chi connectivity index (χ0v) is 4.25. The van der Waals surface area contributed by atoms with Gasteiger partial charge in [-0.25, -0.2) is 0 Å². The lowest BCUT2D eigenvalue weighted by atomic mass is 10.3. The minimum atomic E-state index is -0.194. The fourth-order valence-corrected chi connectivity index (χ4v) is 0.0791. The Hall–Kier alpha value is -0.420. The second-order valence-electron chi connectivity index (χ2n) is 0.969. The third-order valence-electron chi connectivity index (χ3n) is 0.370. The first kappa shape index (κ1) is 5.58. The minimum absolute atomic E-state index is 0.194. The fourth-order valence-electron chi connectivity index (χ4n) is 0.0264. The third-order valence-corrected chi connectivity index (χ3v) is 0.724. The molecular formula is C4H4NS. The van der Waals surface area contributed by atoms with Crippen molar-refractivity contribution in [3.05, 3.63) is 0 Å². The van der Waals surface area contributed by atoms with Gasteiger partial charge in [0.15, 0.2) is 0 Å². The van der Waals surface area contributed by atoms with Gasteiger partial charge in [0.25, 0.3) is 0 Å². The number of hydrogen-bond acceptors (Lipinski definition) is 2. The highest BCUT2D eigenvalue weighted by Crippen LogP contribution is 1.82. The molecule has 0 aliphatic heterocycles. The van der Waals surface area contributed by atoms with Gasteiger partial charge in [-0.3, -0.25) is 0 Å². The number of hydrogen-bond donors (Lipinski definition) is 0. The van der Waals surface area contributed by atoms with Crippen LogP contribution in [0.1, 0.15) is 6.92 Å². The maximum absolute atomic E-state index is 7.96. The van der Waals surface area contributed by atoms with E-state index in [-0.39, 0.29) is 5.92 Å². The average Bonchev–Trinajstić information content (AvgIpc) is 1.65. The van der Waals surface area contributed by atoms with E-state index in [0.29, 0.717) is 0 Å². The van der Waals surface area contributed by atoms with Crippen LogP contribution in [0, 0.1) is 17.2 Å². The molecule has 0 aromatic carbocycles. The molecule has 0 fully saturated rings. The van der Waals surface area contributed by atoms with Crippen molar-refractivity contribution in [2.24, 2.45) is 5.92 Å². The van der Waals surface area contributed by atoms with E-state index in [1.165, 1.54) is 0 Å². The largest absolute Gasteiger partial charge is 0.198 e. The van der Waals surface area contributed by atoms with Crippen LogP contribution in [0.4, 0.5) is 0 Å². The maximum Gasteiger partial charge on any atom is 0.0797 e. The summed E-state index contributed by atoms with van der Waals surface area (Å²) in [6.07, 6.45) is 0. The molecule has 6 heavy (non-hydrogen) atoms. The normalized spacial score (nSPS) is 12.0. The molecule has 0 heterocycles. The molecule has 0 spiro atoms. The molecule has 0 saturated heterocycles. The van der Waals surface area contributed by atoms with Gasteiger partial charge in [0, 0.05) is 5.37 Å². The Morgan fingerprint density at radius 2 is 2.33 bits per heavy atom. The van der Waals surface area contributed by atoms with Gasteiger partial charge in [-0.05, 0) is 6.92 Å². The number of rotatable bonds is 1. The molecule has 31 valence electrons. The molecule has 0 rings (SSSR count). The molecule has 0 aromatic rings. The summed E-state index contributed by atoms with van der Waals surface area (Å²) in [6, 6.07) is 1.90. The summed E-state index contributed by atoms with van der Waals surface area (Å²) < 4.78 is 0. The monoisotopic (exact) mass is 98.0 g/mol. The topological polar surface area (TPSA) is 23.8 Å². The van der Waals surface area contributed by atoms with Crippen LogP contribution in [0.2, 0.25) is 0 Å². The molecule has 0 bridgehead atoms. The molecular weight excluding hydrogens is 94.1 g/mol. The summed E-state index contributed by atoms with van der Waals surface area (Å²) in [5.74, 6) is -0.194.